The maximum atomic E-state index is 10.6. The monoisotopic (exact) mass is 143 g/mol. The zero-order valence-corrected chi connectivity index (χ0v) is 6.39. The van der Waals surface area contributed by atoms with Crippen LogP contribution < -0.4 is 5.32 Å². The molecule has 0 saturated heterocycles. The highest BCUT2D eigenvalue weighted by atomic mass is 16.5. The molecule has 0 aromatic carbocycles. The Balaban J connectivity index is 3.25. The minimum atomic E-state index is -0.389. The highest BCUT2D eigenvalue weighted by Gasteiger charge is 1.93. The topological polar surface area (TPSA) is 38.3 Å². The highest BCUT2D eigenvalue weighted by Crippen LogP contribution is 1.80. The second-order valence-electron chi connectivity index (χ2n) is 1.78. The highest BCUT2D eigenvalue weighted by molar-refractivity contribution is 5.68. The van der Waals surface area contributed by atoms with E-state index in [1.54, 1.807) is 6.08 Å². The van der Waals surface area contributed by atoms with E-state index in [0.717, 1.165) is 6.42 Å². The van der Waals surface area contributed by atoms with Gasteiger partial charge in [0.1, 0.15) is 0 Å². The zero-order valence-electron chi connectivity index (χ0n) is 6.39. The molecule has 1 amide bonds. The Morgan fingerprint density at radius 2 is 2.40 bits per heavy atom. The lowest BCUT2D eigenvalue weighted by atomic mass is 10.5. The van der Waals surface area contributed by atoms with Crippen molar-refractivity contribution in [3.05, 3.63) is 12.3 Å². The Morgan fingerprint density at radius 3 is 2.90 bits per heavy atom. The number of nitrogens with one attached hydrogen (secondary N) is 1. The Hall–Kier alpha value is -0.990. The molecule has 0 aliphatic rings. The molecule has 0 radical (unpaired) electrons. The van der Waals surface area contributed by atoms with E-state index >= 15 is 0 Å². The first kappa shape index (κ1) is 9.01. The van der Waals surface area contributed by atoms with Crippen LogP contribution in [0.25, 0.3) is 0 Å². The van der Waals surface area contributed by atoms with Crippen LogP contribution in [-0.2, 0) is 4.74 Å². The number of alkyl carbamates (subject to hydrolysis) is 1. The maximum absolute atomic E-state index is 10.6. The Labute approximate surface area is 61.1 Å². The van der Waals surface area contributed by atoms with E-state index in [2.05, 4.69) is 5.32 Å². The Morgan fingerprint density at radius 1 is 1.70 bits per heavy atom. The molecule has 0 rings (SSSR count). The largest absolute Gasteiger partial charge is 0.449 e. The molecule has 3 heteroatoms. The van der Waals surface area contributed by atoms with Gasteiger partial charge in [0.25, 0.3) is 0 Å². The summed E-state index contributed by atoms with van der Waals surface area (Å²) in [7, 11) is 0. The summed E-state index contributed by atoms with van der Waals surface area (Å²) in [5.74, 6) is 0. The molecular formula is C7H13NO2. The molecule has 0 spiro atoms. The van der Waals surface area contributed by atoms with Crippen molar-refractivity contribution in [3.8, 4) is 0 Å². The van der Waals surface area contributed by atoms with Gasteiger partial charge in [-0.1, -0.05) is 13.0 Å². The third kappa shape index (κ3) is 5.15. The van der Waals surface area contributed by atoms with Gasteiger partial charge in [-0.05, 0) is 13.3 Å². The van der Waals surface area contributed by atoms with Crippen molar-refractivity contribution >= 4 is 6.09 Å². The fourth-order valence-electron chi connectivity index (χ4n) is 0.388. The quantitative estimate of drug-likeness (QED) is 0.652. The molecule has 0 heterocycles. The maximum Gasteiger partial charge on any atom is 0.411 e. The fraction of sp³-hybridized carbons (Fsp3) is 0.571. The lowest BCUT2D eigenvalue weighted by molar-refractivity contribution is 0.150. The van der Waals surface area contributed by atoms with Gasteiger partial charge in [0.05, 0.1) is 6.61 Å². The minimum absolute atomic E-state index is 0.389. The van der Waals surface area contributed by atoms with Crippen molar-refractivity contribution in [2.45, 2.75) is 20.3 Å². The van der Waals surface area contributed by atoms with Gasteiger partial charge in [0.2, 0.25) is 0 Å². The summed E-state index contributed by atoms with van der Waals surface area (Å²) < 4.78 is 4.69. The van der Waals surface area contributed by atoms with E-state index in [9.17, 15) is 4.79 Å². The van der Waals surface area contributed by atoms with Crippen molar-refractivity contribution in [2.75, 3.05) is 6.61 Å². The summed E-state index contributed by atoms with van der Waals surface area (Å²) in [5, 5.41) is 2.43. The van der Waals surface area contributed by atoms with Crippen LogP contribution >= 0.6 is 0 Å². The summed E-state index contributed by atoms with van der Waals surface area (Å²) in [6.07, 6.45) is 3.73. The molecule has 0 aromatic rings. The number of ether oxygens (including phenoxy) is 1. The Kier molecular flexibility index (Phi) is 5.53. The molecule has 0 aliphatic heterocycles. The van der Waals surface area contributed by atoms with Gasteiger partial charge < -0.3 is 4.74 Å². The first-order valence-electron chi connectivity index (χ1n) is 3.35. The number of hydrogen-bond acceptors (Lipinski definition) is 2. The summed E-state index contributed by atoms with van der Waals surface area (Å²) in [4.78, 5) is 10.6. The average molecular weight is 143 g/mol. The smallest absolute Gasteiger partial charge is 0.411 e. The normalized spacial score (nSPS) is 9.80. The van der Waals surface area contributed by atoms with Gasteiger partial charge in [-0.3, -0.25) is 5.32 Å². The molecule has 3 nitrogen and oxygen atoms in total. The molecule has 58 valence electrons. The average Bonchev–Trinajstić information content (AvgIpc) is 1.97. The van der Waals surface area contributed by atoms with E-state index < -0.39 is 0 Å². The molecule has 1 N–H and O–H groups in total. The van der Waals surface area contributed by atoms with Gasteiger partial charge in [0.15, 0.2) is 0 Å². The van der Waals surface area contributed by atoms with Crippen molar-refractivity contribution < 1.29 is 9.53 Å². The SMILES string of the molecule is CC=CNC(=O)OCCC. The number of amides is 1. The molecule has 10 heavy (non-hydrogen) atoms. The van der Waals surface area contributed by atoms with Crippen LogP contribution in [0, 0.1) is 0 Å². The van der Waals surface area contributed by atoms with E-state index in [1.165, 1.54) is 6.20 Å². The molecule has 0 aromatic heterocycles. The van der Waals surface area contributed by atoms with Gasteiger partial charge in [-0.2, -0.15) is 0 Å². The van der Waals surface area contributed by atoms with Crippen molar-refractivity contribution in [3.63, 3.8) is 0 Å². The van der Waals surface area contributed by atoms with Crippen molar-refractivity contribution in [1.82, 2.24) is 5.32 Å². The summed E-state index contributed by atoms with van der Waals surface area (Å²) in [5.41, 5.74) is 0. The van der Waals surface area contributed by atoms with Crippen LogP contribution in [0.2, 0.25) is 0 Å². The van der Waals surface area contributed by atoms with Crippen molar-refractivity contribution in [1.29, 1.82) is 0 Å². The van der Waals surface area contributed by atoms with Crippen LogP contribution in [0.1, 0.15) is 20.3 Å². The lowest BCUT2D eigenvalue weighted by Gasteiger charge is -1.99. The number of carbonyl (C=O) groups is 1. The van der Waals surface area contributed by atoms with Gasteiger partial charge in [0, 0.05) is 6.20 Å². The van der Waals surface area contributed by atoms with Crippen LogP contribution in [0.5, 0.6) is 0 Å². The number of allylic oxidation sites excluding steroid dienone is 1. The predicted octanol–water partition coefficient (Wildman–Crippen LogP) is 1.66. The van der Waals surface area contributed by atoms with Crippen LogP contribution in [0.3, 0.4) is 0 Å². The molecule has 0 unspecified atom stereocenters. The minimum Gasteiger partial charge on any atom is -0.449 e. The standard InChI is InChI=1S/C7H13NO2/c1-3-5-8-7(9)10-6-4-2/h3,5H,4,6H2,1-2H3,(H,8,9). The molecule has 0 atom stereocenters. The molecule has 0 saturated carbocycles. The second kappa shape index (κ2) is 6.13. The first-order chi connectivity index (χ1) is 4.81. The van der Waals surface area contributed by atoms with Crippen LogP contribution in [-0.4, -0.2) is 12.7 Å². The van der Waals surface area contributed by atoms with E-state index in [0.29, 0.717) is 6.61 Å². The lowest BCUT2D eigenvalue weighted by Crippen LogP contribution is -2.18. The van der Waals surface area contributed by atoms with E-state index in [1.807, 2.05) is 13.8 Å². The van der Waals surface area contributed by atoms with Gasteiger partial charge >= 0.3 is 6.09 Å². The molecule has 0 fully saturated rings. The first-order valence-corrected chi connectivity index (χ1v) is 3.35. The van der Waals surface area contributed by atoms with Crippen LogP contribution in [0.15, 0.2) is 12.3 Å². The van der Waals surface area contributed by atoms with Gasteiger partial charge in [-0.25, -0.2) is 4.79 Å². The number of carbonyl (C=O) groups excluding carboxylic acids is 1. The van der Waals surface area contributed by atoms with E-state index in [4.69, 9.17) is 4.74 Å². The predicted molar refractivity (Wildman–Crippen MR) is 39.6 cm³/mol. The summed E-state index contributed by atoms with van der Waals surface area (Å²) in [6.45, 7) is 4.24. The molecule has 0 bridgehead atoms. The number of rotatable bonds is 3. The van der Waals surface area contributed by atoms with Gasteiger partial charge in [-0.15, -0.1) is 0 Å². The molecule has 0 aliphatic carbocycles. The third-order valence-electron chi connectivity index (χ3n) is 0.805. The van der Waals surface area contributed by atoms with Crippen molar-refractivity contribution in [2.24, 2.45) is 0 Å². The second-order valence-corrected chi connectivity index (χ2v) is 1.78. The van der Waals surface area contributed by atoms with Crippen LogP contribution in [0.4, 0.5) is 4.79 Å². The number of hydrogen-bond donors (Lipinski definition) is 1. The fourth-order valence-corrected chi connectivity index (χ4v) is 0.388. The Bertz CT molecular complexity index is 121. The molecular weight excluding hydrogens is 130 g/mol. The third-order valence-corrected chi connectivity index (χ3v) is 0.805. The van der Waals surface area contributed by atoms with E-state index in [-0.39, 0.29) is 6.09 Å². The summed E-state index contributed by atoms with van der Waals surface area (Å²) >= 11 is 0. The summed E-state index contributed by atoms with van der Waals surface area (Å²) in [6, 6.07) is 0. The zero-order chi connectivity index (χ0) is 7.82.